The number of carbonyl (C=O) groups excluding carboxylic acids is 5. The van der Waals surface area contributed by atoms with Crippen LogP contribution in [0.5, 0.6) is 5.75 Å². The van der Waals surface area contributed by atoms with Crippen LogP contribution in [0.15, 0.2) is 6.07 Å². The van der Waals surface area contributed by atoms with Gasteiger partial charge in [0.25, 0.3) is 0 Å². The summed E-state index contributed by atoms with van der Waals surface area (Å²) in [6.07, 6.45) is 1.62. The van der Waals surface area contributed by atoms with Crippen LogP contribution in [0.2, 0.25) is 0 Å². The molecule has 1 saturated heterocycles. The molecule has 1 aromatic rings. The largest absolute Gasteiger partial charge is 0.479 e. The monoisotopic (exact) mass is 572 g/mol. The fourth-order valence-electron chi connectivity index (χ4n) is 4.19. The van der Waals surface area contributed by atoms with Gasteiger partial charge in [-0.25, -0.2) is 8.78 Å². The number of ketones is 1. The van der Waals surface area contributed by atoms with Gasteiger partial charge in [-0.2, -0.15) is 8.78 Å². The molecule has 220 valence electrons. The van der Waals surface area contributed by atoms with Crippen molar-refractivity contribution in [1.29, 1.82) is 0 Å². The Balaban J connectivity index is 1.75. The maximum absolute atomic E-state index is 14.0. The number of ether oxygens (including phenoxy) is 1. The molecule has 4 amide bonds. The number of nitrogens with one attached hydrogen (secondary N) is 4. The predicted octanol–water partition coefficient (Wildman–Crippen LogP) is 1.40. The van der Waals surface area contributed by atoms with Gasteiger partial charge < -0.3 is 26.0 Å². The van der Waals surface area contributed by atoms with Gasteiger partial charge in [0.15, 0.2) is 23.2 Å². The Morgan fingerprint density at radius 1 is 1.02 bits per heavy atom. The van der Waals surface area contributed by atoms with Crippen molar-refractivity contribution in [3.05, 3.63) is 29.3 Å². The van der Waals surface area contributed by atoms with Crippen molar-refractivity contribution in [2.75, 3.05) is 13.2 Å². The molecule has 1 aliphatic carbocycles. The first-order chi connectivity index (χ1) is 18.7. The van der Waals surface area contributed by atoms with Gasteiger partial charge in [-0.1, -0.05) is 13.8 Å². The van der Waals surface area contributed by atoms with E-state index in [1.54, 1.807) is 20.8 Å². The van der Waals surface area contributed by atoms with E-state index in [-0.39, 0.29) is 30.7 Å². The molecule has 1 heterocycles. The predicted molar refractivity (Wildman–Crippen MR) is 132 cm³/mol. The van der Waals surface area contributed by atoms with Gasteiger partial charge in [-0.05, 0) is 44.9 Å². The molecule has 0 bridgehead atoms. The molecule has 10 nitrogen and oxygen atoms in total. The number of hydrogen-bond donors (Lipinski definition) is 4. The number of halogens is 4. The molecular weight excluding hydrogens is 540 g/mol. The summed E-state index contributed by atoms with van der Waals surface area (Å²) in [5.41, 5.74) is -0.479. The lowest BCUT2D eigenvalue weighted by atomic mass is 9.95. The van der Waals surface area contributed by atoms with Gasteiger partial charge in [-0.3, -0.25) is 24.0 Å². The normalized spacial score (nSPS) is 18.9. The number of rotatable bonds is 12. The van der Waals surface area contributed by atoms with Gasteiger partial charge in [0.1, 0.15) is 12.6 Å². The van der Waals surface area contributed by atoms with Crippen molar-refractivity contribution < 1.29 is 46.3 Å². The smallest absolute Gasteiger partial charge is 0.309 e. The summed E-state index contributed by atoms with van der Waals surface area (Å²) in [6.45, 7) is 4.52. The van der Waals surface area contributed by atoms with Gasteiger partial charge in [0.2, 0.25) is 23.4 Å². The number of amides is 4. The average molecular weight is 573 g/mol. The zero-order valence-corrected chi connectivity index (χ0v) is 22.3. The second-order valence-electron chi connectivity index (χ2n) is 10.8. The van der Waals surface area contributed by atoms with E-state index in [1.165, 1.54) is 0 Å². The summed E-state index contributed by atoms with van der Waals surface area (Å²) in [7, 11) is 0. The number of benzene rings is 1. The third-order valence-electron chi connectivity index (χ3n) is 6.77. The summed E-state index contributed by atoms with van der Waals surface area (Å²) < 4.78 is 59.8. The highest BCUT2D eigenvalue weighted by Crippen LogP contribution is 2.34. The van der Waals surface area contributed by atoms with E-state index in [9.17, 15) is 41.5 Å². The van der Waals surface area contributed by atoms with Crippen LogP contribution in [-0.2, 0) is 24.0 Å². The Kier molecular flexibility index (Phi) is 9.74. The molecule has 0 radical (unpaired) electrons. The fourth-order valence-corrected chi connectivity index (χ4v) is 4.19. The maximum Gasteiger partial charge on any atom is 0.309 e. The summed E-state index contributed by atoms with van der Waals surface area (Å²) >= 11 is 0. The molecule has 40 heavy (non-hydrogen) atoms. The van der Waals surface area contributed by atoms with Crippen LogP contribution in [0.4, 0.5) is 17.6 Å². The van der Waals surface area contributed by atoms with E-state index >= 15 is 0 Å². The van der Waals surface area contributed by atoms with Crippen molar-refractivity contribution in [1.82, 2.24) is 21.3 Å². The molecule has 14 heteroatoms. The van der Waals surface area contributed by atoms with Gasteiger partial charge in [0, 0.05) is 24.1 Å². The van der Waals surface area contributed by atoms with Gasteiger partial charge in [-0.15, -0.1) is 0 Å². The molecule has 2 aliphatic rings. The second-order valence-corrected chi connectivity index (χ2v) is 10.8. The van der Waals surface area contributed by atoms with Crippen molar-refractivity contribution in [3.8, 4) is 5.75 Å². The molecule has 3 rings (SSSR count). The molecule has 1 aromatic carbocycles. The van der Waals surface area contributed by atoms with Crippen molar-refractivity contribution >= 4 is 29.4 Å². The first-order valence-corrected chi connectivity index (χ1v) is 12.9. The lowest BCUT2D eigenvalue weighted by molar-refractivity contribution is -0.141. The molecule has 0 spiro atoms. The minimum Gasteiger partial charge on any atom is -0.479 e. The zero-order valence-electron chi connectivity index (χ0n) is 22.3. The van der Waals surface area contributed by atoms with Crippen LogP contribution in [-0.4, -0.2) is 60.2 Å². The molecular formula is C26H32F4N4O6. The van der Waals surface area contributed by atoms with E-state index < -0.39 is 82.7 Å². The minimum atomic E-state index is -1.85. The SMILES string of the molecule is CC(C)CC(NC(=O)C(=O)NC1(C)CC1)C(=O)NC(C[C@@H]1CCNC1=O)C(=O)COc1c(F)c(F)cc(F)c1F. The van der Waals surface area contributed by atoms with E-state index in [2.05, 4.69) is 21.3 Å². The quantitative estimate of drug-likeness (QED) is 0.170. The van der Waals surface area contributed by atoms with Crippen LogP contribution in [0.25, 0.3) is 0 Å². The average Bonchev–Trinajstić information content (AvgIpc) is 3.46. The van der Waals surface area contributed by atoms with Crippen LogP contribution in [0, 0.1) is 35.1 Å². The van der Waals surface area contributed by atoms with Gasteiger partial charge >= 0.3 is 11.8 Å². The Labute approximate surface area is 228 Å². The topological polar surface area (TPSA) is 143 Å². The zero-order chi connectivity index (χ0) is 29.8. The first-order valence-electron chi connectivity index (χ1n) is 12.9. The highest BCUT2D eigenvalue weighted by Gasteiger charge is 2.41. The third-order valence-corrected chi connectivity index (χ3v) is 6.77. The van der Waals surface area contributed by atoms with Crippen LogP contribution >= 0.6 is 0 Å². The Hall–Kier alpha value is -3.71. The fraction of sp³-hybridized carbons (Fsp3) is 0.577. The summed E-state index contributed by atoms with van der Waals surface area (Å²) in [6, 6.07) is -2.70. The van der Waals surface area contributed by atoms with Gasteiger partial charge in [0.05, 0.1) is 6.04 Å². The highest BCUT2D eigenvalue weighted by atomic mass is 19.2. The Morgan fingerprint density at radius 2 is 1.65 bits per heavy atom. The molecule has 3 atom stereocenters. The maximum atomic E-state index is 14.0. The van der Waals surface area contributed by atoms with E-state index in [0.717, 1.165) is 0 Å². The summed E-state index contributed by atoms with van der Waals surface area (Å²) in [5, 5.41) is 9.96. The van der Waals surface area contributed by atoms with E-state index in [4.69, 9.17) is 4.74 Å². The van der Waals surface area contributed by atoms with Crippen molar-refractivity contribution in [2.24, 2.45) is 11.8 Å². The molecule has 0 aromatic heterocycles. The van der Waals surface area contributed by atoms with E-state index in [0.29, 0.717) is 25.8 Å². The summed E-state index contributed by atoms with van der Waals surface area (Å²) in [4.78, 5) is 63.1. The minimum absolute atomic E-state index is 0.0184. The highest BCUT2D eigenvalue weighted by molar-refractivity contribution is 6.35. The molecule has 1 aliphatic heterocycles. The summed E-state index contributed by atoms with van der Waals surface area (Å²) in [5.74, 6) is -13.6. The lowest BCUT2D eigenvalue weighted by Gasteiger charge is -2.25. The third kappa shape index (κ3) is 7.92. The number of carbonyl (C=O) groups is 5. The molecule has 4 N–H and O–H groups in total. The van der Waals surface area contributed by atoms with Crippen molar-refractivity contribution in [3.63, 3.8) is 0 Å². The Bertz CT molecular complexity index is 1160. The molecule has 1 saturated carbocycles. The molecule has 2 unspecified atom stereocenters. The van der Waals surface area contributed by atoms with Crippen LogP contribution < -0.4 is 26.0 Å². The Morgan fingerprint density at radius 3 is 2.17 bits per heavy atom. The van der Waals surface area contributed by atoms with Crippen LogP contribution in [0.1, 0.15) is 52.9 Å². The molecule has 2 fully saturated rings. The second kappa shape index (κ2) is 12.6. The van der Waals surface area contributed by atoms with E-state index in [1.807, 2.05) is 0 Å². The standard InChI is InChI=1S/C26H32F4N4O6/c1-12(2)8-17(33-24(38)25(39)34-26(3)5-6-26)23(37)32-16(9-13-4-7-31-22(13)36)18(35)11-40-21-19(29)14(27)10-15(28)20(21)30/h10,12-13,16-17H,4-9,11H2,1-3H3,(H,31,36)(H,32,37)(H,33,38)(H,34,39)/t13-,16?,17?/m0/s1. The number of Topliss-reactive ketones (excluding diaryl/α,β-unsaturated/α-hetero) is 1. The number of hydrogen-bond acceptors (Lipinski definition) is 6. The lowest BCUT2D eigenvalue weighted by Crippen LogP contribution is -2.56. The first kappa shape index (κ1) is 30.8. The van der Waals surface area contributed by atoms with Crippen molar-refractivity contribution in [2.45, 2.75) is 70.5 Å². The van der Waals surface area contributed by atoms with Crippen LogP contribution in [0.3, 0.4) is 0 Å².